The fourth-order valence-electron chi connectivity index (χ4n) is 2.49. The number of rotatable bonds is 1. The minimum Gasteiger partial charge on any atom is -0.353 e. The average Bonchev–Trinajstić information content (AvgIpc) is 2.75. The highest BCUT2D eigenvalue weighted by Gasteiger charge is 2.40. The summed E-state index contributed by atoms with van der Waals surface area (Å²) in [6, 6.07) is 4.26. The normalized spacial score (nSPS) is 28.1. The van der Waals surface area contributed by atoms with Gasteiger partial charge in [0.1, 0.15) is 0 Å². The van der Waals surface area contributed by atoms with Crippen molar-refractivity contribution in [3.05, 3.63) is 17.8 Å². The second-order valence-electron chi connectivity index (χ2n) is 4.58. The molecule has 2 aliphatic rings. The number of hydrogen-bond acceptors (Lipinski definition) is 4. The number of carbonyl (C=O) groups excluding carboxylic acids is 1. The number of amides is 1. The molecule has 0 aromatic carbocycles. The molecule has 0 spiro atoms. The molecule has 2 saturated heterocycles. The minimum atomic E-state index is 0.185. The van der Waals surface area contributed by atoms with Crippen molar-refractivity contribution in [1.29, 1.82) is 0 Å². The molecule has 0 saturated carbocycles. The summed E-state index contributed by atoms with van der Waals surface area (Å²) in [5.41, 5.74) is 0.927. The predicted molar refractivity (Wildman–Crippen MR) is 59.0 cm³/mol. The van der Waals surface area contributed by atoms with E-state index in [9.17, 15) is 4.79 Å². The molecule has 2 fully saturated rings. The van der Waals surface area contributed by atoms with Crippen LogP contribution in [0.25, 0.3) is 0 Å². The summed E-state index contributed by atoms with van der Waals surface area (Å²) in [6.45, 7) is 3.69. The van der Waals surface area contributed by atoms with E-state index < -0.39 is 0 Å². The molecule has 84 valence electrons. The standard InChI is InChI=1S/C11H14N4O/c1-7-2-3-10(14-13-7)15-5-8-4-11(16)12-9(8)6-15/h2-3,8-9H,4-6H2,1H3,(H,12,16)/t8-,9+/m0/s1. The minimum absolute atomic E-state index is 0.185. The summed E-state index contributed by atoms with van der Waals surface area (Å²) < 4.78 is 0. The van der Waals surface area contributed by atoms with Gasteiger partial charge in [0, 0.05) is 25.4 Å². The summed E-state index contributed by atoms with van der Waals surface area (Å²) in [7, 11) is 0. The topological polar surface area (TPSA) is 58.1 Å². The van der Waals surface area contributed by atoms with Gasteiger partial charge in [-0.05, 0) is 19.1 Å². The van der Waals surface area contributed by atoms with Crippen LogP contribution < -0.4 is 10.2 Å². The SMILES string of the molecule is Cc1ccc(N2C[C@@H]3CC(=O)N[C@@H]3C2)nn1. The molecule has 0 aliphatic carbocycles. The number of nitrogens with zero attached hydrogens (tertiary/aromatic N) is 3. The van der Waals surface area contributed by atoms with E-state index in [-0.39, 0.29) is 5.91 Å². The van der Waals surface area contributed by atoms with Crippen LogP contribution in [-0.2, 0) is 4.79 Å². The van der Waals surface area contributed by atoms with Gasteiger partial charge in [-0.25, -0.2) is 0 Å². The van der Waals surface area contributed by atoms with Gasteiger partial charge in [-0.3, -0.25) is 4.79 Å². The lowest BCUT2D eigenvalue weighted by molar-refractivity contribution is -0.119. The van der Waals surface area contributed by atoms with Crippen molar-refractivity contribution in [2.45, 2.75) is 19.4 Å². The zero-order valence-corrected chi connectivity index (χ0v) is 9.18. The van der Waals surface area contributed by atoms with Gasteiger partial charge in [0.25, 0.3) is 0 Å². The Labute approximate surface area is 93.9 Å². The van der Waals surface area contributed by atoms with E-state index in [0.717, 1.165) is 24.6 Å². The van der Waals surface area contributed by atoms with Gasteiger partial charge in [0.15, 0.2) is 5.82 Å². The van der Waals surface area contributed by atoms with Gasteiger partial charge in [-0.2, -0.15) is 5.10 Å². The van der Waals surface area contributed by atoms with Gasteiger partial charge in [0.05, 0.1) is 11.7 Å². The zero-order valence-electron chi connectivity index (χ0n) is 9.18. The van der Waals surface area contributed by atoms with E-state index >= 15 is 0 Å². The van der Waals surface area contributed by atoms with E-state index in [1.54, 1.807) is 0 Å². The van der Waals surface area contributed by atoms with E-state index in [0.29, 0.717) is 18.4 Å². The van der Waals surface area contributed by atoms with Gasteiger partial charge < -0.3 is 10.2 Å². The maximum Gasteiger partial charge on any atom is 0.220 e. The third-order valence-electron chi connectivity index (χ3n) is 3.34. The quantitative estimate of drug-likeness (QED) is 0.727. The first kappa shape index (κ1) is 9.57. The Hall–Kier alpha value is -1.65. The number of aryl methyl sites for hydroxylation is 1. The van der Waals surface area contributed by atoms with Crippen LogP contribution in [-0.4, -0.2) is 35.2 Å². The van der Waals surface area contributed by atoms with E-state index in [1.807, 2.05) is 19.1 Å². The van der Waals surface area contributed by atoms with Crippen LogP contribution in [0, 0.1) is 12.8 Å². The lowest BCUT2D eigenvalue weighted by Gasteiger charge is -2.17. The first-order chi connectivity index (χ1) is 7.72. The van der Waals surface area contributed by atoms with E-state index in [2.05, 4.69) is 20.4 Å². The van der Waals surface area contributed by atoms with Crippen LogP contribution in [0.5, 0.6) is 0 Å². The summed E-state index contributed by atoms with van der Waals surface area (Å²) in [4.78, 5) is 13.4. The van der Waals surface area contributed by atoms with Crippen molar-refractivity contribution in [1.82, 2.24) is 15.5 Å². The Morgan fingerprint density at radius 2 is 2.25 bits per heavy atom. The summed E-state index contributed by atoms with van der Waals surface area (Å²) in [5.74, 6) is 1.54. The van der Waals surface area contributed by atoms with Gasteiger partial charge in [-0.1, -0.05) is 0 Å². The van der Waals surface area contributed by atoms with Crippen LogP contribution in [0.15, 0.2) is 12.1 Å². The van der Waals surface area contributed by atoms with Crippen molar-refractivity contribution in [3.8, 4) is 0 Å². The largest absolute Gasteiger partial charge is 0.353 e. The molecule has 0 radical (unpaired) electrons. The lowest BCUT2D eigenvalue weighted by atomic mass is 10.1. The summed E-state index contributed by atoms with van der Waals surface area (Å²) in [6.07, 6.45) is 0.653. The highest BCUT2D eigenvalue weighted by atomic mass is 16.2. The molecule has 1 amide bonds. The number of anilines is 1. The van der Waals surface area contributed by atoms with E-state index in [1.165, 1.54) is 0 Å². The van der Waals surface area contributed by atoms with Gasteiger partial charge in [0.2, 0.25) is 5.91 Å². The summed E-state index contributed by atoms with van der Waals surface area (Å²) in [5, 5.41) is 11.2. The molecule has 1 aromatic rings. The van der Waals surface area contributed by atoms with Crippen LogP contribution >= 0.6 is 0 Å². The molecule has 3 rings (SSSR count). The van der Waals surface area contributed by atoms with Gasteiger partial charge in [-0.15, -0.1) is 5.10 Å². The fourth-order valence-corrected chi connectivity index (χ4v) is 2.49. The second-order valence-corrected chi connectivity index (χ2v) is 4.58. The van der Waals surface area contributed by atoms with Crippen molar-refractivity contribution in [2.24, 2.45) is 5.92 Å². The molecule has 2 aliphatic heterocycles. The smallest absolute Gasteiger partial charge is 0.220 e. The molecule has 5 heteroatoms. The number of hydrogen-bond donors (Lipinski definition) is 1. The number of fused-ring (bicyclic) bond motifs is 1. The molecule has 2 atom stereocenters. The van der Waals surface area contributed by atoms with Crippen molar-refractivity contribution >= 4 is 11.7 Å². The lowest BCUT2D eigenvalue weighted by Crippen LogP contribution is -2.32. The molecule has 0 unspecified atom stereocenters. The highest BCUT2D eigenvalue weighted by molar-refractivity contribution is 5.79. The zero-order chi connectivity index (χ0) is 11.1. The molecule has 0 bridgehead atoms. The van der Waals surface area contributed by atoms with Crippen LogP contribution in [0.3, 0.4) is 0 Å². The van der Waals surface area contributed by atoms with E-state index in [4.69, 9.17) is 0 Å². The molecular formula is C11H14N4O. The summed E-state index contributed by atoms with van der Waals surface area (Å²) >= 11 is 0. The van der Waals surface area contributed by atoms with Crippen molar-refractivity contribution < 1.29 is 4.79 Å². The number of aromatic nitrogens is 2. The Bertz CT molecular complexity index is 400. The maximum atomic E-state index is 11.2. The Morgan fingerprint density at radius 3 is 2.94 bits per heavy atom. The fraction of sp³-hybridized carbons (Fsp3) is 0.545. The molecule has 16 heavy (non-hydrogen) atoms. The average molecular weight is 218 g/mol. The van der Waals surface area contributed by atoms with Crippen molar-refractivity contribution in [3.63, 3.8) is 0 Å². The third-order valence-corrected chi connectivity index (χ3v) is 3.34. The van der Waals surface area contributed by atoms with Gasteiger partial charge >= 0.3 is 0 Å². The Morgan fingerprint density at radius 1 is 1.38 bits per heavy atom. The number of carbonyl (C=O) groups is 1. The third kappa shape index (κ3) is 1.52. The first-order valence-electron chi connectivity index (χ1n) is 5.57. The molecule has 5 nitrogen and oxygen atoms in total. The first-order valence-corrected chi connectivity index (χ1v) is 5.57. The second kappa shape index (κ2) is 3.43. The molecule has 3 heterocycles. The monoisotopic (exact) mass is 218 g/mol. The van der Waals surface area contributed by atoms with Crippen LogP contribution in [0.4, 0.5) is 5.82 Å². The van der Waals surface area contributed by atoms with Crippen LogP contribution in [0.2, 0.25) is 0 Å². The van der Waals surface area contributed by atoms with Crippen LogP contribution in [0.1, 0.15) is 12.1 Å². The molecule has 1 aromatic heterocycles. The Kier molecular flexibility index (Phi) is 2.05. The molecule has 1 N–H and O–H groups in total. The number of nitrogens with one attached hydrogen (secondary N) is 1. The maximum absolute atomic E-state index is 11.2. The highest BCUT2D eigenvalue weighted by Crippen LogP contribution is 2.28. The Balaban J connectivity index is 1.75. The molecular weight excluding hydrogens is 204 g/mol. The predicted octanol–water partition coefficient (Wildman–Crippen LogP) is 0.110. The van der Waals surface area contributed by atoms with Crippen molar-refractivity contribution in [2.75, 3.05) is 18.0 Å².